The van der Waals surface area contributed by atoms with Crippen LogP contribution in [-0.2, 0) is 9.53 Å². The van der Waals surface area contributed by atoms with Gasteiger partial charge in [-0.3, -0.25) is 4.79 Å². The summed E-state index contributed by atoms with van der Waals surface area (Å²) in [5, 5.41) is 0.603. The third-order valence-electron chi connectivity index (χ3n) is 2.79. The van der Waals surface area contributed by atoms with Gasteiger partial charge >= 0.3 is 5.97 Å². The Balaban J connectivity index is 2.67. The van der Waals surface area contributed by atoms with Crippen LogP contribution < -0.4 is 5.43 Å². The molecule has 0 aliphatic heterocycles. The summed E-state index contributed by atoms with van der Waals surface area (Å²) in [7, 11) is 1.35. The molecule has 0 aliphatic rings. The number of nitrogens with zero attached hydrogens (tertiary/aromatic N) is 1. The molecule has 1 atom stereocenters. The highest BCUT2D eigenvalue weighted by Crippen LogP contribution is 2.16. The summed E-state index contributed by atoms with van der Waals surface area (Å²) >= 11 is 0. The van der Waals surface area contributed by atoms with Crippen LogP contribution in [-0.4, -0.2) is 17.6 Å². The normalized spacial score (nSPS) is 12.4. The van der Waals surface area contributed by atoms with E-state index >= 15 is 0 Å². The predicted molar refractivity (Wildman–Crippen MR) is 64.9 cm³/mol. The molecule has 88 valence electrons. The second kappa shape index (κ2) is 4.41. The van der Waals surface area contributed by atoms with Crippen molar-refractivity contribution in [2.75, 3.05) is 7.11 Å². The molecule has 4 heteroatoms. The molecule has 1 aromatic carbocycles. The van der Waals surface area contributed by atoms with Gasteiger partial charge in [0.05, 0.1) is 12.6 Å². The molecule has 0 saturated carbocycles. The van der Waals surface area contributed by atoms with Crippen molar-refractivity contribution < 1.29 is 9.53 Å². The Hall–Kier alpha value is -2.10. The van der Waals surface area contributed by atoms with E-state index in [9.17, 15) is 9.59 Å². The third kappa shape index (κ3) is 1.93. The standard InChI is InChI=1S/C13H13NO3/c1-9(13(16)17-2)14-8-7-12(15)10-5-3-4-6-11(10)14/h3-9H,1-2H3. The van der Waals surface area contributed by atoms with E-state index in [-0.39, 0.29) is 11.4 Å². The van der Waals surface area contributed by atoms with E-state index in [0.29, 0.717) is 5.39 Å². The minimum Gasteiger partial charge on any atom is -0.467 e. The molecule has 0 N–H and O–H groups in total. The number of para-hydroxylation sites is 1. The monoisotopic (exact) mass is 231 g/mol. The molecule has 4 nitrogen and oxygen atoms in total. The molecule has 17 heavy (non-hydrogen) atoms. The second-order valence-electron chi connectivity index (χ2n) is 3.80. The van der Waals surface area contributed by atoms with Gasteiger partial charge in [-0.2, -0.15) is 0 Å². The van der Waals surface area contributed by atoms with E-state index in [1.807, 2.05) is 12.1 Å². The van der Waals surface area contributed by atoms with Crippen LogP contribution in [0.1, 0.15) is 13.0 Å². The largest absolute Gasteiger partial charge is 0.467 e. The van der Waals surface area contributed by atoms with Gasteiger partial charge in [0, 0.05) is 17.6 Å². The van der Waals surface area contributed by atoms with Crippen LogP contribution in [0, 0.1) is 0 Å². The van der Waals surface area contributed by atoms with E-state index < -0.39 is 6.04 Å². The van der Waals surface area contributed by atoms with Crippen molar-refractivity contribution in [2.24, 2.45) is 0 Å². The first-order valence-electron chi connectivity index (χ1n) is 5.33. The van der Waals surface area contributed by atoms with Crippen molar-refractivity contribution in [3.8, 4) is 0 Å². The Morgan fingerprint density at radius 1 is 1.29 bits per heavy atom. The Kier molecular flexibility index (Phi) is 2.95. The van der Waals surface area contributed by atoms with Crippen molar-refractivity contribution >= 4 is 16.9 Å². The summed E-state index contributed by atoms with van der Waals surface area (Å²) in [5.74, 6) is -0.334. The lowest BCUT2D eigenvalue weighted by Gasteiger charge is -2.16. The zero-order valence-electron chi connectivity index (χ0n) is 9.71. The average molecular weight is 231 g/mol. The number of methoxy groups -OCH3 is 1. The summed E-state index contributed by atoms with van der Waals surface area (Å²) in [4.78, 5) is 23.2. The summed E-state index contributed by atoms with van der Waals surface area (Å²) in [6, 6.07) is 8.21. The summed E-state index contributed by atoms with van der Waals surface area (Å²) in [5.41, 5.74) is 0.687. The SMILES string of the molecule is COC(=O)C(C)n1ccc(=O)c2ccccc21. The molecule has 1 heterocycles. The molecule has 1 aromatic heterocycles. The fraction of sp³-hybridized carbons (Fsp3) is 0.231. The number of carbonyl (C=O) groups is 1. The Labute approximate surface area is 98.4 Å². The molecule has 0 bridgehead atoms. The Morgan fingerprint density at radius 2 is 2.00 bits per heavy atom. The number of esters is 1. The first-order valence-corrected chi connectivity index (χ1v) is 5.33. The molecular weight excluding hydrogens is 218 g/mol. The van der Waals surface area contributed by atoms with Crippen LogP contribution in [0.5, 0.6) is 0 Å². The zero-order chi connectivity index (χ0) is 12.4. The Morgan fingerprint density at radius 3 is 2.71 bits per heavy atom. The molecule has 1 unspecified atom stereocenters. The van der Waals surface area contributed by atoms with Gasteiger partial charge < -0.3 is 9.30 Å². The van der Waals surface area contributed by atoms with Crippen molar-refractivity contribution in [2.45, 2.75) is 13.0 Å². The fourth-order valence-corrected chi connectivity index (χ4v) is 1.85. The summed E-state index contributed by atoms with van der Waals surface area (Å²) in [6.07, 6.45) is 1.62. The first-order chi connectivity index (χ1) is 8.15. The number of rotatable bonds is 2. The smallest absolute Gasteiger partial charge is 0.328 e. The fourth-order valence-electron chi connectivity index (χ4n) is 1.85. The maximum absolute atomic E-state index is 11.7. The number of carbonyl (C=O) groups excluding carboxylic acids is 1. The number of ether oxygens (including phenoxy) is 1. The molecule has 0 amide bonds. The van der Waals surface area contributed by atoms with Crippen molar-refractivity contribution in [1.82, 2.24) is 4.57 Å². The van der Waals surface area contributed by atoms with Gasteiger partial charge in [0.25, 0.3) is 0 Å². The molecule has 0 fully saturated rings. The molecule has 0 spiro atoms. The highest BCUT2D eigenvalue weighted by atomic mass is 16.5. The number of benzene rings is 1. The maximum Gasteiger partial charge on any atom is 0.328 e. The summed E-state index contributed by atoms with van der Waals surface area (Å²) < 4.78 is 6.45. The molecule has 0 saturated heterocycles. The van der Waals surface area contributed by atoms with Crippen molar-refractivity contribution in [3.63, 3.8) is 0 Å². The van der Waals surface area contributed by atoms with Crippen LogP contribution in [0.2, 0.25) is 0 Å². The van der Waals surface area contributed by atoms with Crippen LogP contribution in [0.3, 0.4) is 0 Å². The first kappa shape index (κ1) is 11.4. The van der Waals surface area contributed by atoms with Gasteiger partial charge in [-0.25, -0.2) is 4.79 Å². The number of hydrogen-bond acceptors (Lipinski definition) is 3. The maximum atomic E-state index is 11.7. The zero-order valence-corrected chi connectivity index (χ0v) is 9.71. The van der Waals surface area contributed by atoms with Crippen LogP contribution in [0.4, 0.5) is 0 Å². The molecule has 0 radical (unpaired) electrons. The quantitative estimate of drug-likeness (QED) is 0.739. The number of aromatic nitrogens is 1. The van der Waals surface area contributed by atoms with Crippen LogP contribution in [0.15, 0.2) is 41.3 Å². The van der Waals surface area contributed by atoms with Gasteiger partial charge in [-0.05, 0) is 19.1 Å². The minimum absolute atomic E-state index is 0.0473. The minimum atomic E-state index is -0.453. The van der Waals surface area contributed by atoms with Gasteiger partial charge in [0.15, 0.2) is 5.43 Å². The van der Waals surface area contributed by atoms with Gasteiger partial charge in [-0.1, -0.05) is 12.1 Å². The highest BCUT2D eigenvalue weighted by Gasteiger charge is 2.16. The number of fused-ring (bicyclic) bond motifs is 1. The van der Waals surface area contributed by atoms with Crippen LogP contribution >= 0.6 is 0 Å². The lowest BCUT2D eigenvalue weighted by molar-refractivity contribution is -0.143. The topological polar surface area (TPSA) is 48.3 Å². The van der Waals surface area contributed by atoms with Crippen LogP contribution in [0.25, 0.3) is 10.9 Å². The molecule has 2 aromatic rings. The highest BCUT2D eigenvalue weighted by molar-refractivity contribution is 5.82. The van der Waals surface area contributed by atoms with E-state index in [4.69, 9.17) is 4.74 Å². The van der Waals surface area contributed by atoms with Crippen molar-refractivity contribution in [3.05, 3.63) is 46.8 Å². The summed E-state index contributed by atoms with van der Waals surface area (Å²) in [6.45, 7) is 1.74. The van der Waals surface area contributed by atoms with E-state index in [1.54, 1.807) is 29.8 Å². The van der Waals surface area contributed by atoms with E-state index in [2.05, 4.69) is 0 Å². The van der Waals surface area contributed by atoms with Gasteiger partial charge in [0.1, 0.15) is 6.04 Å². The van der Waals surface area contributed by atoms with E-state index in [1.165, 1.54) is 13.2 Å². The average Bonchev–Trinajstić information content (AvgIpc) is 2.38. The molecule has 2 rings (SSSR count). The molecule has 0 aliphatic carbocycles. The van der Waals surface area contributed by atoms with E-state index in [0.717, 1.165) is 5.52 Å². The lowest BCUT2D eigenvalue weighted by Crippen LogP contribution is -2.20. The predicted octanol–water partition coefficient (Wildman–Crippen LogP) is 1.74. The Bertz CT molecular complexity index is 615. The van der Waals surface area contributed by atoms with Gasteiger partial charge in [-0.15, -0.1) is 0 Å². The number of hydrogen-bond donors (Lipinski definition) is 0. The van der Waals surface area contributed by atoms with Gasteiger partial charge in [0.2, 0.25) is 0 Å². The molecular formula is C13H13NO3. The third-order valence-corrected chi connectivity index (χ3v) is 2.79. The second-order valence-corrected chi connectivity index (χ2v) is 3.80. The number of pyridine rings is 1. The van der Waals surface area contributed by atoms with Crippen molar-refractivity contribution in [1.29, 1.82) is 0 Å². The lowest BCUT2D eigenvalue weighted by atomic mass is 10.2.